The van der Waals surface area contributed by atoms with Crippen molar-refractivity contribution in [1.82, 2.24) is 0 Å². The second-order valence-electron chi connectivity index (χ2n) is 22.1. The van der Waals surface area contributed by atoms with Crippen molar-refractivity contribution in [2.75, 3.05) is 271 Å². The van der Waals surface area contributed by atoms with E-state index in [1.54, 1.807) is 7.11 Å². The molecule has 22 heteroatoms. The largest absolute Gasteiger partial charge is 0.465 e. The number of carbonyl (C=O) groups excluding carboxylic acids is 1. The zero-order valence-electron chi connectivity index (χ0n) is 57.1. The number of hydrogen-bond donors (Lipinski definition) is 0. The van der Waals surface area contributed by atoms with Crippen molar-refractivity contribution >= 4 is 5.97 Å². The molecule has 0 fully saturated rings. The zero-order valence-corrected chi connectivity index (χ0v) is 57.1. The molecule has 0 atom stereocenters. The van der Waals surface area contributed by atoms with Crippen LogP contribution < -0.4 is 0 Å². The third kappa shape index (κ3) is 77.3. The Morgan fingerprint density at radius 2 is 0.315 bits per heavy atom. The van der Waals surface area contributed by atoms with Crippen LogP contribution in [0.15, 0.2) is 0 Å². The molecule has 0 heterocycles. The van der Waals surface area contributed by atoms with Crippen molar-refractivity contribution in [2.45, 2.75) is 156 Å². The molecule has 0 rings (SSSR count). The second-order valence-corrected chi connectivity index (χ2v) is 22.1. The zero-order chi connectivity index (χ0) is 64.1. The molecule has 0 aromatic carbocycles. The van der Waals surface area contributed by atoms with Crippen LogP contribution in [0.5, 0.6) is 0 Å². The summed E-state index contributed by atoms with van der Waals surface area (Å²) in [6.07, 6.45) is 18.3. The molecule has 89 heavy (non-hydrogen) atoms. The molecule has 0 spiro atoms. The number of ether oxygens (including phenoxy) is 21. The summed E-state index contributed by atoms with van der Waals surface area (Å²) in [6.45, 7) is 33.4. The quantitative estimate of drug-likeness (QED) is 0.0410. The summed E-state index contributed by atoms with van der Waals surface area (Å²) in [5.74, 6) is -0.144. The Morgan fingerprint density at radius 1 is 0.202 bits per heavy atom. The van der Waals surface area contributed by atoms with Gasteiger partial charge in [-0.3, -0.25) is 4.79 Å². The monoisotopic (exact) mass is 1290 g/mol. The molecule has 0 saturated carbocycles. The van der Waals surface area contributed by atoms with Gasteiger partial charge in [-0.1, -0.05) is 6.92 Å². The standard InChI is InChI=1S/C67H134O22/c1-5-67(2,3)66(68)89-65-25-64-88-63-24-62-87-61-23-60-86-59-22-58-85-57-21-56-84-55-20-54-83-53-19-52-82-51-18-50-81-49-17-48-80-47-16-46-79-45-15-44-78-43-14-42-77-41-13-40-76-39-12-38-75-37-11-36-74-35-10-34-73-33-9-32-72-31-8-30-71-29-7-28-70-27-6-26-69-4/h5-65H2,1-4H3. The Morgan fingerprint density at radius 3 is 0.427 bits per heavy atom. The van der Waals surface area contributed by atoms with E-state index in [1.807, 2.05) is 20.8 Å². The van der Waals surface area contributed by atoms with Crippen molar-refractivity contribution in [2.24, 2.45) is 5.41 Å². The minimum atomic E-state index is -0.422. The van der Waals surface area contributed by atoms with Crippen LogP contribution in [0.25, 0.3) is 0 Å². The van der Waals surface area contributed by atoms with Crippen LogP contribution in [-0.2, 0) is 104 Å². The first-order valence-corrected chi connectivity index (χ1v) is 34.7. The molecule has 0 aliphatic carbocycles. The normalized spacial score (nSPS) is 11.9. The van der Waals surface area contributed by atoms with Crippen LogP contribution >= 0.6 is 0 Å². The van der Waals surface area contributed by atoms with Crippen LogP contribution in [0, 0.1) is 5.41 Å². The van der Waals surface area contributed by atoms with E-state index in [0.717, 1.165) is 161 Å². The fourth-order valence-corrected chi connectivity index (χ4v) is 7.64. The summed E-state index contributed by atoms with van der Waals surface area (Å²) in [4.78, 5) is 11.9. The molecule has 0 N–H and O–H groups in total. The van der Waals surface area contributed by atoms with Crippen molar-refractivity contribution in [3.63, 3.8) is 0 Å². The summed E-state index contributed by atoms with van der Waals surface area (Å²) in [6, 6.07) is 0. The smallest absolute Gasteiger partial charge is 0.311 e. The maximum atomic E-state index is 11.9. The average molecular weight is 1290 g/mol. The fraction of sp³-hybridized carbons (Fsp3) is 0.985. The van der Waals surface area contributed by atoms with Crippen molar-refractivity contribution in [3.8, 4) is 0 Å². The lowest BCUT2D eigenvalue weighted by Crippen LogP contribution is -2.26. The molecular formula is C67H134O22. The van der Waals surface area contributed by atoms with Gasteiger partial charge in [0.15, 0.2) is 0 Å². The molecule has 0 aliphatic rings. The molecule has 0 unspecified atom stereocenters. The predicted octanol–water partition coefficient (Wildman–Crippen LogP) is 9.73. The van der Waals surface area contributed by atoms with E-state index in [-0.39, 0.29) is 5.97 Å². The number of rotatable bonds is 82. The molecule has 0 aliphatic heterocycles. The lowest BCUT2D eigenvalue weighted by atomic mass is 9.91. The van der Waals surface area contributed by atoms with E-state index in [1.165, 1.54) is 0 Å². The van der Waals surface area contributed by atoms with E-state index >= 15 is 0 Å². The Labute approximate surface area is 540 Å². The highest BCUT2D eigenvalue weighted by atomic mass is 16.6. The Balaban J connectivity index is 3.10. The Kier molecular flexibility index (Phi) is 77.9. The van der Waals surface area contributed by atoms with Crippen LogP contribution in [-0.4, -0.2) is 277 Å². The van der Waals surface area contributed by atoms with Crippen LogP contribution in [0.3, 0.4) is 0 Å². The predicted molar refractivity (Wildman–Crippen MR) is 345 cm³/mol. The van der Waals surface area contributed by atoms with Crippen molar-refractivity contribution in [3.05, 3.63) is 0 Å². The van der Waals surface area contributed by atoms with Crippen molar-refractivity contribution in [1.29, 1.82) is 0 Å². The van der Waals surface area contributed by atoms with Gasteiger partial charge in [-0.15, -0.1) is 0 Å². The molecule has 0 aromatic heterocycles. The molecule has 0 amide bonds. The highest BCUT2D eigenvalue weighted by molar-refractivity contribution is 5.75. The summed E-state index contributed by atoms with van der Waals surface area (Å²) >= 11 is 0. The van der Waals surface area contributed by atoms with Gasteiger partial charge in [0.1, 0.15) is 0 Å². The lowest BCUT2D eigenvalue weighted by Gasteiger charge is -2.20. The van der Waals surface area contributed by atoms with Gasteiger partial charge in [-0.25, -0.2) is 0 Å². The van der Waals surface area contributed by atoms with Gasteiger partial charge in [-0.2, -0.15) is 0 Å². The van der Waals surface area contributed by atoms with Gasteiger partial charge in [0.2, 0.25) is 0 Å². The molecule has 0 aromatic rings. The molecular weight excluding hydrogens is 1160 g/mol. The first-order chi connectivity index (χ1) is 44.0. The number of carbonyl (C=O) groups is 1. The van der Waals surface area contributed by atoms with Gasteiger partial charge in [0.05, 0.1) is 12.0 Å². The third-order valence-corrected chi connectivity index (χ3v) is 13.1. The topological polar surface area (TPSA) is 211 Å². The summed E-state index contributed by atoms with van der Waals surface area (Å²) in [5.41, 5.74) is -0.422. The molecule has 0 bridgehead atoms. The minimum Gasteiger partial charge on any atom is -0.465 e. The molecule has 0 radical (unpaired) electrons. The van der Waals surface area contributed by atoms with E-state index < -0.39 is 5.41 Å². The molecule has 0 saturated heterocycles. The van der Waals surface area contributed by atoms with Crippen LogP contribution in [0.2, 0.25) is 0 Å². The number of hydrogen-bond acceptors (Lipinski definition) is 22. The van der Waals surface area contributed by atoms with Gasteiger partial charge in [0.25, 0.3) is 0 Å². The highest BCUT2D eigenvalue weighted by Crippen LogP contribution is 2.21. The third-order valence-electron chi connectivity index (χ3n) is 13.1. The summed E-state index contributed by atoms with van der Waals surface area (Å²) in [5, 5.41) is 0. The first kappa shape index (κ1) is 87.7. The maximum absolute atomic E-state index is 11.9. The molecule has 22 nitrogen and oxygen atoms in total. The highest BCUT2D eigenvalue weighted by Gasteiger charge is 2.26. The van der Waals surface area contributed by atoms with E-state index in [0.29, 0.717) is 238 Å². The van der Waals surface area contributed by atoms with E-state index in [2.05, 4.69) is 0 Å². The SMILES string of the molecule is CCC(C)(C)C(=O)OCCCOCCCOCCCOCCCOCCCOCCCOCCCOCCCOCCCOCCCOCCCOCCCOCCCOCCCOCCCOCCCOCCCOCCCOCCCOCCCOC. The minimum absolute atomic E-state index is 0.144. The van der Waals surface area contributed by atoms with Crippen LogP contribution in [0.1, 0.15) is 156 Å². The van der Waals surface area contributed by atoms with Gasteiger partial charge in [-0.05, 0) is 142 Å². The average Bonchev–Trinajstić information content (AvgIpc) is 3.58. The molecule has 534 valence electrons. The maximum Gasteiger partial charge on any atom is 0.311 e. The van der Waals surface area contributed by atoms with E-state index in [4.69, 9.17) is 99.5 Å². The van der Waals surface area contributed by atoms with Gasteiger partial charge >= 0.3 is 5.97 Å². The first-order valence-electron chi connectivity index (χ1n) is 34.7. The van der Waals surface area contributed by atoms with Gasteiger partial charge < -0.3 is 99.5 Å². The summed E-state index contributed by atoms with van der Waals surface area (Å²) in [7, 11) is 1.71. The second kappa shape index (κ2) is 79.1. The van der Waals surface area contributed by atoms with Crippen LogP contribution in [0.4, 0.5) is 0 Å². The Hall–Kier alpha value is -1.33. The number of esters is 1. The fourth-order valence-electron chi connectivity index (χ4n) is 7.64. The number of methoxy groups -OCH3 is 1. The lowest BCUT2D eigenvalue weighted by molar-refractivity contribution is -0.154. The van der Waals surface area contributed by atoms with E-state index in [9.17, 15) is 4.79 Å². The Bertz CT molecular complexity index is 1300. The van der Waals surface area contributed by atoms with Gasteiger partial charge in [0, 0.05) is 271 Å². The van der Waals surface area contributed by atoms with Crippen molar-refractivity contribution < 1.29 is 104 Å². The summed E-state index contributed by atoms with van der Waals surface area (Å²) < 4.78 is 118.